The number of nitrogens with one attached hydrogen (secondary N) is 1. The van der Waals surface area contributed by atoms with E-state index < -0.39 is 14.8 Å². The molecule has 0 bridgehead atoms. The van der Waals surface area contributed by atoms with Gasteiger partial charge in [0, 0.05) is 6.54 Å². The second-order valence-corrected chi connectivity index (χ2v) is 7.57. The molecule has 0 rings (SSSR count). The lowest BCUT2D eigenvalue weighted by Gasteiger charge is -2.19. The first kappa shape index (κ1) is 13.9. The fourth-order valence-electron chi connectivity index (χ4n) is 0.933. The lowest BCUT2D eigenvalue weighted by molar-refractivity contribution is 0.523. The Hall–Kier alpha value is -0.0900. The summed E-state index contributed by atoms with van der Waals surface area (Å²) in [6, 6.07) is 0. The molecular weight excluding hydrogens is 198 g/mol. The number of hydrogen-bond acceptors (Lipinski definition) is 2. The quantitative estimate of drug-likeness (QED) is 0.723. The van der Waals surface area contributed by atoms with Gasteiger partial charge in [-0.25, -0.2) is 13.1 Å². The van der Waals surface area contributed by atoms with Gasteiger partial charge in [0.25, 0.3) is 0 Å². The molecule has 86 valence electrons. The van der Waals surface area contributed by atoms with Crippen molar-refractivity contribution in [3.8, 4) is 0 Å². The van der Waals surface area contributed by atoms with Gasteiger partial charge in [-0.2, -0.15) is 0 Å². The van der Waals surface area contributed by atoms with Crippen LogP contribution >= 0.6 is 0 Å². The zero-order chi connectivity index (χ0) is 11.4. The largest absolute Gasteiger partial charge is 0.216 e. The fraction of sp³-hybridized carbons (Fsp3) is 1.00. The van der Waals surface area contributed by atoms with E-state index in [9.17, 15) is 8.42 Å². The van der Waals surface area contributed by atoms with Crippen LogP contribution in [0.1, 0.15) is 47.5 Å². The van der Waals surface area contributed by atoms with Crippen molar-refractivity contribution in [2.24, 2.45) is 5.92 Å². The molecule has 0 aromatic rings. The van der Waals surface area contributed by atoms with Crippen molar-refractivity contribution >= 4 is 10.0 Å². The van der Waals surface area contributed by atoms with Gasteiger partial charge in [0.2, 0.25) is 10.0 Å². The van der Waals surface area contributed by atoms with Gasteiger partial charge in [-0.1, -0.05) is 13.8 Å². The average Bonchev–Trinajstić information content (AvgIpc) is 1.95. The molecule has 0 saturated heterocycles. The Kier molecular flexibility index (Phi) is 5.09. The van der Waals surface area contributed by atoms with Crippen LogP contribution in [0.25, 0.3) is 0 Å². The highest BCUT2D eigenvalue weighted by Gasteiger charge is 2.27. The van der Waals surface area contributed by atoms with Crippen LogP contribution in [0.2, 0.25) is 0 Å². The third-order valence-corrected chi connectivity index (χ3v) is 4.25. The zero-order valence-electron chi connectivity index (χ0n) is 9.92. The van der Waals surface area contributed by atoms with Crippen molar-refractivity contribution in [2.45, 2.75) is 52.2 Å². The van der Waals surface area contributed by atoms with Crippen LogP contribution in [-0.4, -0.2) is 19.7 Å². The predicted molar refractivity (Wildman–Crippen MR) is 60.7 cm³/mol. The monoisotopic (exact) mass is 221 g/mol. The Balaban J connectivity index is 3.91. The molecule has 0 aliphatic rings. The van der Waals surface area contributed by atoms with Crippen LogP contribution in [0.4, 0.5) is 0 Å². The van der Waals surface area contributed by atoms with Gasteiger partial charge in [0.15, 0.2) is 0 Å². The normalized spacial score (nSPS) is 13.6. The first-order valence-electron chi connectivity index (χ1n) is 5.16. The maximum Gasteiger partial charge on any atom is 0.216 e. The van der Waals surface area contributed by atoms with Crippen molar-refractivity contribution in [2.75, 3.05) is 6.54 Å². The minimum absolute atomic E-state index is 0.553. The second kappa shape index (κ2) is 5.12. The average molecular weight is 221 g/mol. The fourth-order valence-corrected chi connectivity index (χ4v) is 1.78. The molecule has 0 radical (unpaired) electrons. The van der Waals surface area contributed by atoms with E-state index in [2.05, 4.69) is 18.6 Å². The van der Waals surface area contributed by atoms with Gasteiger partial charge in [-0.05, 0) is 39.5 Å². The van der Waals surface area contributed by atoms with Gasteiger partial charge in [0.1, 0.15) is 0 Å². The molecule has 0 aromatic carbocycles. The summed E-state index contributed by atoms with van der Waals surface area (Å²) in [5, 5.41) is 0. The van der Waals surface area contributed by atoms with Crippen LogP contribution < -0.4 is 4.72 Å². The minimum Gasteiger partial charge on any atom is -0.215 e. The predicted octanol–water partition coefficient (Wildman–Crippen LogP) is 2.14. The number of sulfonamides is 1. The maximum atomic E-state index is 11.6. The second-order valence-electron chi connectivity index (χ2n) is 5.05. The third-order valence-electron chi connectivity index (χ3n) is 2.06. The van der Waals surface area contributed by atoms with E-state index in [1.54, 1.807) is 20.8 Å². The van der Waals surface area contributed by atoms with Crippen LogP contribution in [0.15, 0.2) is 0 Å². The summed E-state index contributed by atoms with van der Waals surface area (Å²) in [5.74, 6) is 0.633. The van der Waals surface area contributed by atoms with Crippen molar-refractivity contribution in [3.05, 3.63) is 0 Å². The lowest BCUT2D eigenvalue weighted by Crippen LogP contribution is -2.39. The molecule has 0 heterocycles. The number of hydrogen-bond donors (Lipinski definition) is 1. The Labute approximate surface area is 88.3 Å². The summed E-state index contributed by atoms with van der Waals surface area (Å²) >= 11 is 0. The molecule has 0 unspecified atom stereocenters. The Morgan fingerprint density at radius 1 is 1.21 bits per heavy atom. The number of rotatable bonds is 5. The Morgan fingerprint density at radius 3 is 2.07 bits per heavy atom. The molecule has 0 spiro atoms. The van der Waals surface area contributed by atoms with E-state index in [1.807, 2.05) is 0 Å². The third kappa shape index (κ3) is 4.96. The van der Waals surface area contributed by atoms with Gasteiger partial charge in [-0.15, -0.1) is 0 Å². The van der Waals surface area contributed by atoms with Gasteiger partial charge < -0.3 is 0 Å². The summed E-state index contributed by atoms with van der Waals surface area (Å²) in [7, 11) is -3.15. The van der Waals surface area contributed by atoms with Crippen LogP contribution in [-0.2, 0) is 10.0 Å². The molecule has 0 fully saturated rings. The summed E-state index contributed by atoms with van der Waals surface area (Å²) in [4.78, 5) is 0. The minimum atomic E-state index is -3.15. The van der Waals surface area contributed by atoms with E-state index in [-0.39, 0.29) is 0 Å². The zero-order valence-corrected chi connectivity index (χ0v) is 10.7. The molecule has 0 aliphatic carbocycles. The first-order chi connectivity index (χ1) is 6.17. The topological polar surface area (TPSA) is 46.2 Å². The molecule has 0 saturated carbocycles. The van der Waals surface area contributed by atoms with Gasteiger partial charge in [0.05, 0.1) is 4.75 Å². The maximum absolute atomic E-state index is 11.6. The lowest BCUT2D eigenvalue weighted by atomic mass is 10.1. The van der Waals surface area contributed by atoms with Crippen molar-refractivity contribution < 1.29 is 8.42 Å². The molecular formula is C10H23NO2S. The molecule has 4 heteroatoms. The molecule has 0 aliphatic heterocycles. The van der Waals surface area contributed by atoms with Crippen LogP contribution in [0, 0.1) is 5.92 Å². The van der Waals surface area contributed by atoms with E-state index in [0.717, 1.165) is 12.8 Å². The van der Waals surface area contributed by atoms with E-state index in [4.69, 9.17) is 0 Å². The van der Waals surface area contributed by atoms with Gasteiger partial charge in [-0.3, -0.25) is 0 Å². The molecule has 14 heavy (non-hydrogen) atoms. The van der Waals surface area contributed by atoms with E-state index in [0.29, 0.717) is 12.5 Å². The summed E-state index contributed by atoms with van der Waals surface area (Å²) in [6.45, 7) is 9.95. The van der Waals surface area contributed by atoms with Crippen molar-refractivity contribution in [3.63, 3.8) is 0 Å². The molecule has 0 amide bonds. The first-order valence-corrected chi connectivity index (χ1v) is 6.64. The summed E-state index contributed by atoms with van der Waals surface area (Å²) < 4.78 is 25.1. The standard InChI is InChI=1S/C10H23NO2S/c1-9(2)7-6-8-11-14(12,13)10(3,4)5/h9,11H,6-8H2,1-5H3. The highest BCUT2D eigenvalue weighted by atomic mass is 32.2. The van der Waals surface area contributed by atoms with Crippen LogP contribution in [0.5, 0.6) is 0 Å². The molecule has 0 atom stereocenters. The summed E-state index contributed by atoms with van der Waals surface area (Å²) in [5.41, 5.74) is 0. The Morgan fingerprint density at radius 2 is 1.71 bits per heavy atom. The van der Waals surface area contributed by atoms with Gasteiger partial charge >= 0.3 is 0 Å². The molecule has 1 N–H and O–H groups in total. The highest BCUT2D eigenvalue weighted by Crippen LogP contribution is 2.13. The Bertz CT molecular complexity index is 250. The van der Waals surface area contributed by atoms with E-state index in [1.165, 1.54) is 0 Å². The van der Waals surface area contributed by atoms with Crippen LogP contribution in [0.3, 0.4) is 0 Å². The smallest absolute Gasteiger partial charge is 0.215 e. The SMILES string of the molecule is CC(C)CCCNS(=O)(=O)C(C)(C)C. The molecule has 3 nitrogen and oxygen atoms in total. The molecule has 0 aromatic heterocycles. The van der Waals surface area contributed by atoms with E-state index >= 15 is 0 Å². The highest BCUT2D eigenvalue weighted by molar-refractivity contribution is 7.90. The summed E-state index contributed by atoms with van der Waals surface area (Å²) in [6.07, 6.45) is 1.97. The van der Waals surface area contributed by atoms with Crippen molar-refractivity contribution in [1.29, 1.82) is 0 Å². The van der Waals surface area contributed by atoms with Crippen molar-refractivity contribution in [1.82, 2.24) is 4.72 Å².